The minimum Gasteiger partial charge on any atom is -0.365 e. The zero-order valence-corrected chi connectivity index (χ0v) is 10.1. The highest BCUT2D eigenvalue weighted by Gasteiger charge is 2.23. The third-order valence-corrected chi connectivity index (χ3v) is 3.01. The van der Waals surface area contributed by atoms with Gasteiger partial charge in [0.2, 0.25) is 0 Å². The van der Waals surface area contributed by atoms with Crippen LogP contribution in [0.1, 0.15) is 47.5 Å². The predicted octanol–water partition coefficient (Wildman–Crippen LogP) is 3.84. The molecule has 1 atom stereocenters. The van der Waals surface area contributed by atoms with Crippen molar-refractivity contribution in [1.82, 2.24) is 5.32 Å². The van der Waals surface area contributed by atoms with Crippen molar-refractivity contribution in [3.05, 3.63) is 23.5 Å². The van der Waals surface area contributed by atoms with E-state index in [0.717, 1.165) is 6.42 Å². The second-order valence-corrected chi connectivity index (χ2v) is 5.20. The third kappa shape index (κ3) is 2.40. The van der Waals surface area contributed by atoms with Crippen molar-refractivity contribution in [3.63, 3.8) is 0 Å². The van der Waals surface area contributed by atoms with E-state index in [1.807, 2.05) is 0 Å². The first-order chi connectivity index (χ1) is 6.46. The van der Waals surface area contributed by atoms with Crippen molar-refractivity contribution >= 4 is 0 Å². The van der Waals surface area contributed by atoms with Crippen molar-refractivity contribution in [2.75, 3.05) is 0 Å². The van der Waals surface area contributed by atoms with Gasteiger partial charge in [-0.05, 0) is 35.9 Å². The van der Waals surface area contributed by atoms with Crippen LogP contribution in [0.5, 0.6) is 0 Å². The molecule has 1 heterocycles. The summed E-state index contributed by atoms with van der Waals surface area (Å²) in [7, 11) is 0. The molecule has 0 saturated heterocycles. The van der Waals surface area contributed by atoms with Crippen LogP contribution in [0.4, 0.5) is 0 Å². The van der Waals surface area contributed by atoms with Crippen LogP contribution in [0.3, 0.4) is 0 Å². The molecule has 0 aromatic carbocycles. The Kier molecular flexibility index (Phi) is 3.41. The third-order valence-electron chi connectivity index (χ3n) is 3.01. The molecule has 0 aliphatic carbocycles. The predicted molar refractivity (Wildman–Crippen MR) is 62.8 cm³/mol. The highest BCUT2D eigenvalue weighted by atomic mass is 14.9. The molecule has 80 valence electrons. The van der Waals surface area contributed by atoms with Crippen molar-refractivity contribution in [2.45, 2.75) is 47.5 Å². The van der Waals surface area contributed by atoms with Crippen LogP contribution in [-0.4, -0.2) is 0 Å². The van der Waals surface area contributed by atoms with E-state index in [-0.39, 0.29) is 5.41 Å². The van der Waals surface area contributed by atoms with E-state index in [0.29, 0.717) is 5.92 Å². The number of hydrogen-bond donors (Lipinski definition) is 1. The summed E-state index contributed by atoms with van der Waals surface area (Å²) >= 11 is 0. The molecule has 1 nitrogen and oxygen atoms in total. The van der Waals surface area contributed by atoms with E-state index in [9.17, 15) is 0 Å². The lowest BCUT2D eigenvalue weighted by Crippen LogP contribution is -2.24. The van der Waals surface area contributed by atoms with Gasteiger partial charge >= 0.3 is 0 Å². The molecule has 1 unspecified atom stereocenters. The number of hydrogen-bond acceptors (Lipinski definition) is 1. The summed E-state index contributed by atoms with van der Waals surface area (Å²) in [6.45, 7) is 11.4. The average Bonchev–Trinajstić information content (AvgIpc) is 2.15. The van der Waals surface area contributed by atoms with Gasteiger partial charge in [-0.3, -0.25) is 0 Å². The lowest BCUT2D eigenvalue weighted by molar-refractivity contribution is 0.461. The first-order valence-corrected chi connectivity index (χ1v) is 5.62. The standard InChI is InChI=1S/C13H23N/c1-6-10(2)12-11(13(3,4)5)8-7-9-14-12/h7,9-10,14H,6,8H2,1-5H3. The first-order valence-electron chi connectivity index (χ1n) is 5.62. The molecule has 1 aliphatic heterocycles. The van der Waals surface area contributed by atoms with Crippen LogP contribution in [-0.2, 0) is 0 Å². The quantitative estimate of drug-likeness (QED) is 0.702. The fourth-order valence-corrected chi connectivity index (χ4v) is 1.88. The second-order valence-electron chi connectivity index (χ2n) is 5.20. The summed E-state index contributed by atoms with van der Waals surface area (Å²) in [6.07, 6.45) is 6.61. The molecule has 0 aromatic heterocycles. The summed E-state index contributed by atoms with van der Waals surface area (Å²) in [5.41, 5.74) is 3.30. The van der Waals surface area contributed by atoms with Gasteiger partial charge in [0.05, 0.1) is 0 Å². The minimum absolute atomic E-state index is 0.288. The highest BCUT2D eigenvalue weighted by Crippen LogP contribution is 2.34. The van der Waals surface area contributed by atoms with Crippen LogP contribution in [0.2, 0.25) is 0 Å². The molecule has 0 saturated carbocycles. The van der Waals surface area contributed by atoms with Gasteiger partial charge in [-0.25, -0.2) is 0 Å². The fourth-order valence-electron chi connectivity index (χ4n) is 1.88. The maximum absolute atomic E-state index is 3.43. The molecule has 1 N–H and O–H groups in total. The zero-order valence-electron chi connectivity index (χ0n) is 10.1. The minimum atomic E-state index is 0.288. The first kappa shape index (κ1) is 11.4. The van der Waals surface area contributed by atoms with Crippen LogP contribution in [0.15, 0.2) is 23.5 Å². The van der Waals surface area contributed by atoms with E-state index >= 15 is 0 Å². The molecular weight excluding hydrogens is 170 g/mol. The topological polar surface area (TPSA) is 12.0 Å². The monoisotopic (exact) mass is 193 g/mol. The van der Waals surface area contributed by atoms with Crippen molar-refractivity contribution in [2.24, 2.45) is 11.3 Å². The van der Waals surface area contributed by atoms with E-state index in [4.69, 9.17) is 0 Å². The van der Waals surface area contributed by atoms with Crippen LogP contribution >= 0.6 is 0 Å². The average molecular weight is 193 g/mol. The summed E-state index contributed by atoms with van der Waals surface area (Å²) < 4.78 is 0. The van der Waals surface area contributed by atoms with Gasteiger partial charge in [0, 0.05) is 5.70 Å². The summed E-state index contributed by atoms with van der Waals surface area (Å²) in [5.74, 6) is 0.647. The molecule has 0 aromatic rings. The largest absolute Gasteiger partial charge is 0.365 e. The van der Waals surface area contributed by atoms with E-state index in [1.54, 1.807) is 5.57 Å². The molecular formula is C13H23N. The van der Waals surface area contributed by atoms with Crippen LogP contribution < -0.4 is 5.32 Å². The van der Waals surface area contributed by atoms with Gasteiger partial charge in [0.15, 0.2) is 0 Å². The van der Waals surface area contributed by atoms with E-state index < -0.39 is 0 Å². The van der Waals surface area contributed by atoms with Crippen LogP contribution in [0, 0.1) is 11.3 Å². The zero-order chi connectivity index (χ0) is 10.8. The Balaban J connectivity index is 2.98. The number of nitrogens with one attached hydrogen (secondary N) is 1. The van der Waals surface area contributed by atoms with Gasteiger partial charge in [0.25, 0.3) is 0 Å². The molecule has 0 bridgehead atoms. The van der Waals surface area contributed by atoms with E-state index in [2.05, 4.69) is 52.2 Å². The Morgan fingerprint density at radius 3 is 2.57 bits per heavy atom. The summed E-state index contributed by atoms with van der Waals surface area (Å²) in [5, 5.41) is 3.43. The maximum atomic E-state index is 3.43. The SMILES string of the molecule is CCC(C)C1=C(C(C)(C)C)CC=CN1. The Morgan fingerprint density at radius 2 is 2.07 bits per heavy atom. The number of rotatable bonds is 2. The molecule has 0 radical (unpaired) electrons. The lowest BCUT2D eigenvalue weighted by atomic mass is 9.79. The van der Waals surface area contributed by atoms with Gasteiger partial charge in [-0.1, -0.05) is 40.7 Å². The number of allylic oxidation sites excluding steroid dienone is 3. The molecule has 0 fully saturated rings. The van der Waals surface area contributed by atoms with Gasteiger partial charge in [-0.2, -0.15) is 0 Å². The normalized spacial score (nSPS) is 19.5. The summed E-state index contributed by atoms with van der Waals surface area (Å²) in [4.78, 5) is 0. The summed E-state index contributed by atoms with van der Waals surface area (Å²) in [6, 6.07) is 0. The van der Waals surface area contributed by atoms with Crippen molar-refractivity contribution in [1.29, 1.82) is 0 Å². The Hall–Kier alpha value is -0.720. The van der Waals surface area contributed by atoms with Crippen molar-refractivity contribution in [3.8, 4) is 0 Å². The molecule has 1 rings (SSSR count). The molecule has 0 spiro atoms. The Morgan fingerprint density at radius 1 is 1.43 bits per heavy atom. The Labute approximate surface area is 88.3 Å². The molecule has 0 amide bonds. The Bertz CT molecular complexity index is 253. The van der Waals surface area contributed by atoms with Crippen LogP contribution in [0.25, 0.3) is 0 Å². The van der Waals surface area contributed by atoms with Gasteiger partial charge in [-0.15, -0.1) is 0 Å². The van der Waals surface area contributed by atoms with E-state index in [1.165, 1.54) is 12.1 Å². The smallest absolute Gasteiger partial charge is 0.0175 e. The lowest BCUT2D eigenvalue weighted by Gasteiger charge is -2.31. The molecule has 1 heteroatoms. The maximum Gasteiger partial charge on any atom is 0.0175 e. The van der Waals surface area contributed by atoms with Crippen molar-refractivity contribution < 1.29 is 0 Å². The molecule has 14 heavy (non-hydrogen) atoms. The van der Waals surface area contributed by atoms with Gasteiger partial charge in [0.1, 0.15) is 0 Å². The van der Waals surface area contributed by atoms with Gasteiger partial charge < -0.3 is 5.32 Å². The molecule has 1 aliphatic rings. The fraction of sp³-hybridized carbons (Fsp3) is 0.692. The number of dihydropyridines is 1. The second kappa shape index (κ2) is 4.20. The highest BCUT2D eigenvalue weighted by molar-refractivity contribution is 5.27.